The topological polar surface area (TPSA) is 83.6 Å². The normalized spacial score (nSPS) is 16.6. The summed E-state index contributed by atoms with van der Waals surface area (Å²) < 4.78 is 1.66. The van der Waals surface area contributed by atoms with E-state index in [-0.39, 0.29) is 18.4 Å². The molecule has 3 heterocycles. The van der Waals surface area contributed by atoms with Gasteiger partial charge in [0.15, 0.2) is 5.82 Å². The van der Waals surface area contributed by atoms with Gasteiger partial charge in [-0.1, -0.05) is 0 Å². The fourth-order valence-corrected chi connectivity index (χ4v) is 2.64. The summed E-state index contributed by atoms with van der Waals surface area (Å²) in [6.45, 7) is 5.05. The zero-order chi connectivity index (χ0) is 15.0. The van der Waals surface area contributed by atoms with Crippen LogP contribution >= 0.6 is 0 Å². The molecule has 112 valence electrons. The molecule has 1 saturated heterocycles. The molecule has 1 aliphatic heterocycles. The van der Waals surface area contributed by atoms with Crippen LogP contribution in [0.4, 0.5) is 0 Å². The fraction of sp³-hybridized carbons (Fsp3) is 0.571. The summed E-state index contributed by atoms with van der Waals surface area (Å²) in [6, 6.07) is 1.93. The van der Waals surface area contributed by atoms with E-state index in [0.29, 0.717) is 37.5 Å². The molecule has 1 amide bonds. The molecule has 1 aliphatic rings. The zero-order valence-electron chi connectivity index (χ0n) is 12.3. The minimum atomic E-state index is -0.280. The van der Waals surface area contributed by atoms with Crippen molar-refractivity contribution in [2.45, 2.75) is 39.2 Å². The molecule has 0 bridgehead atoms. The second kappa shape index (κ2) is 5.40. The van der Waals surface area contributed by atoms with Crippen molar-refractivity contribution in [3.63, 3.8) is 0 Å². The molecule has 0 saturated carbocycles. The monoisotopic (exact) mass is 289 g/mol. The third kappa shape index (κ3) is 2.87. The lowest BCUT2D eigenvalue weighted by molar-refractivity contribution is -0.132. The van der Waals surface area contributed by atoms with Crippen LogP contribution in [0, 0.1) is 13.8 Å². The molecular weight excluding hydrogens is 270 g/mol. The van der Waals surface area contributed by atoms with Gasteiger partial charge in [0.1, 0.15) is 0 Å². The molecule has 0 aliphatic carbocycles. The van der Waals surface area contributed by atoms with E-state index in [1.807, 2.05) is 19.9 Å². The van der Waals surface area contributed by atoms with Crippen molar-refractivity contribution in [1.29, 1.82) is 0 Å². The molecule has 0 spiro atoms. The molecule has 1 N–H and O–H groups in total. The second-order valence-electron chi connectivity index (χ2n) is 5.57. The third-order valence-corrected chi connectivity index (χ3v) is 3.79. The summed E-state index contributed by atoms with van der Waals surface area (Å²) in [6.07, 6.45) is 1.18. The maximum Gasteiger partial charge on any atom is 0.252 e. The first-order valence-corrected chi connectivity index (χ1v) is 7.18. The van der Waals surface area contributed by atoms with E-state index in [1.54, 1.807) is 9.42 Å². The first-order chi connectivity index (χ1) is 10.0. The van der Waals surface area contributed by atoms with Crippen LogP contribution in [0.3, 0.4) is 0 Å². The Morgan fingerprint density at radius 2 is 2.05 bits per heavy atom. The highest BCUT2D eigenvalue weighted by atomic mass is 16.3. The predicted molar refractivity (Wildman–Crippen MR) is 75.8 cm³/mol. The highest BCUT2D eigenvalue weighted by Crippen LogP contribution is 2.12. The van der Waals surface area contributed by atoms with Gasteiger partial charge in [-0.05, 0) is 32.8 Å². The van der Waals surface area contributed by atoms with Crippen molar-refractivity contribution in [3.05, 3.63) is 23.3 Å². The van der Waals surface area contributed by atoms with E-state index >= 15 is 0 Å². The molecule has 0 unspecified atom stereocenters. The predicted octanol–water partition coefficient (Wildman–Crippen LogP) is 0.267. The Morgan fingerprint density at radius 1 is 1.33 bits per heavy atom. The number of aliphatic hydroxyl groups is 1. The third-order valence-electron chi connectivity index (χ3n) is 3.79. The molecule has 0 aromatic carbocycles. The lowest BCUT2D eigenvalue weighted by atomic mass is 10.1. The Kier molecular flexibility index (Phi) is 3.59. The van der Waals surface area contributed by atoms with E-state index in [4.69, 9.17) is 0 Å². The smallest absolute Gasteiger partial charge is 0.252 e. The molecule has 2 aromatic rings. The Balaban J connectivity index is 1.75. The van der Waals surface area contributed by atoms with Gasteiger partial charge < -0.3 is 10.0 Å². The largest absolute Gasteiger partial charge is 0.393 e. The standard InChI is InChI=1S/C14H19N5O2/c1-9-7-10(2)19-14(15-9)16-12(17-19)8-13(21)18-5-3-11(20)4-6-18/h7,11,20H,3-6,8H2,1-2H3. The molecule has 3 rings (SSSR count). The average molecular weight is 289 g/mol. The van der Waals surface area contributed by atoms with Crippen molar-refractivity contribution in [2.24, 2.45) is 0 Å². The highest BCUT2D eigenvalue weighted by Gasteiger charge is 2.22. The van der Waals surface area contributed by atoms with Gasteiger partial charge in [-0.3, -0.25) is 4.79 Å². The van der Waals surface area contributed by atoms with Crippen molar-refractivity contribution in [3.8, 4) is 0 Å². The van der Waals surface area contributed by atoms with Crippen LogP contribution in [-0.2, 0) is 11.2 Å². The molecule has 0 atom stereocenters. The number of likely N-dealkylation sites (tertiary alicyclic amines) is 1. The maximum absolute atomic E-state index is 12.2. The van der Waals surface area contributed by atoms with Crippen molar-refractivity contribution < 1.29 is 9.90 Å². The first-order valence-electron chi connectivity index (χ1n) is 7.18. The van der Waals surface area contributed by atoms with Gasteiger partial charge in [0.05, 0.1) is 12.5 Å². The lowest BCUT2D eigenvalue weighted by Crippen LogP contribution is -2.40. The Hall–Kier alpha value is -2.02. The van der Waals surface area contributed by atoms with Crippen LogP contribution in [0.2, 0.25) is 0 Å². The number of hydrogen-bond donors (Lipinski definition) is 1. The van der Waals surface area contributed by atoms with Crippen LogP contribution in [0.5, 0.6) is 0 Å². The summed E-state index contributed by atoms with van der Waals surface area (Å²) in [7, 11) is 0. The van der Waals surface area contributed by atoms with E-state index in [1.165, 1.54) is 0 Å². The van der Waals surface area contributed by atoms with Crippen LogP contribution in [0.1, 0.15) is 30.1 Å². The zero-order valence-corrected chi connectivity index (χ0v) is 12.3. The van der Waals surface area contributed by atoms with E-state index in [0.717, 1.165) is 11.4 Å². The number of fused-ring (bicyclic) bond motifs is 1. The highest BCUT2D eigenvalue weighted by molar-refractivity contribution is 5.78. The first kappa shape index (κ1) is 13.9. The van der Waals surface area contributed by atoms with Crippen LogP contribution in [0.15, 0.2) is 6.07 Å². The molecule has 7 nitrogen and oxygen atoms in total. The number of amides is 1. The second-order valence-corrected chi connectivity index (χ2v) is 5.57. The fourth-order valence-electron chi connectivity index (χ4n) is 2.64. The van der Waals surface area contributed by atoms with E-state index < -0.39 is 0 Å². The van der Waals surface area contributed by atoms with Gasteiger partial charge in [0.25, 0.3) is 5.78 Å². The number of nitrogens with zero attached hydrogens (tertiary/aromatic N) is 5. The molecule has 0 radical (unpaired) electrons. The molecule has 21 heavy (non-hydrogen) atoms. The van der Waals surface area contributed by atoms with E-state index in [9.17, 15) is 9.90 Å². The summed E-state index contributed by atoms with van der Waals surface area (Å²) in [5.41, 5.74) is 1.83. The van der Waals surface area contributed by atoms with Gasteiger partial charge in [-0.2, -0.15) is 4.98 Å². The number of hydrogen-bond acceptors (Lipinski definition) is 5. The van der Waals surface area contributed by atoms with Gasteiger partial charge in [-0.25, -0.2) is 9.50 Å². The minimum Gasteiger partial charge on any atom is -0.393 e. The van der Waals surface area contributed by atoms with Gasteiger partial charge in [-0.15, -0.1) is 5.10 Å². The van der Waals surface area contributed by atoms with Gasteiger partial charge in [0.2, 0.25) is 5.91 Å². The van der Waals surface area contributed by atoms with Crippen molar-refractivity contribution in [2.75, 3.05) is 13.1 Å². The lowest BCUT2D eigenvalue weighted by Gasteiger charge is -2.29. The van der Waals surface area contributed by atoms with Crippen LogP contribution in [0.25, 0.3) is 5.78 Å². The number of carbonyl (C=O) groups excluding carboxylic acids is 1. The maximum atomic E-state index is 12.2. The summed E-state index contributed by atoms with van der Waals surface area (Å²) in [5, 5.41) is 13.8. The summed E-state index contributed by atoms with van der Waals surface area (Å²) in [4.78, 5) is 22.7. The van der Waals surface area contributed by atoms with Crippen LogP contribution in [-0.4, -0.2) is 54.7 Å². The Labute approximate surface area is 122 Å². The SMILES string of the molecule is Cc1cc(C)n2nc(CC(=O)N3CCC(O)CC3)nc2n1. The molecule has 2 aromatic heterocycles. The number of aromatic nitrogens is 4. The van der Waals surface area contributed by atoms with Gasteiger partial charge in [0, 0.05) is 24.5 Å². The Morgan fingerprint density at radius 3 is 2.76 bits per heavy atom. The number of rotatable bonds is 2. The number of aryl methyl sites for hydroxylation is 2. The van der Waals surface area contributed by atoms with Crippen molar-refractivity contribution >= 4 is 11.7 Å². The van der Waals surface area contributed by atoms with Crippen molar-refractivity contribution in [1.82, 2.24) is 24.5 Å². The molecular formula is C14H19N5O2. The quantitative estimate of drug-likeness (QED) is 0.858. The minimum absolute atomic E-state index is 0.00665. The molecule has 7 heteroatoms. The van der Waals surface area contributed by atoms with Gasteiger partial charge >= 0.3 is 0 Å². The number of aliphatic hydroxyl groups excluding tert-OH is 1. The molecule has 1 fully saturated rings. The van der Waals surface area contributed by atoms with Crippen LogP contribution < -0.4 is 0 Å². The number of carbonyl (C=O) groups is 1. The number of piperidine rings is 1. The summed E-state index contributed by atoms with van der Waals surface area (Å²) in [5.74, 6) is 1.03. The average Bonchev–Trinajstić information content (AvgIpc) is 2.82. The Bertz CT molecular complexity index is 673. The summed E-state index contributed by atoms with van der Waals surface area (Å²) >= 11 is 0. The van der Waals surface area contributed by atoms with E-state index in [2.05, 4.69) is 15.1 Å².